The lowest BCUT2D eigenvalue weighted by atomic mass is 10.1. The lowest BCUT2D eigenvalue weighted by Gasteiger charge is -2.26. The second kappa shape index (κ2) is 8.66. The molecule has 0 radical (unpaired) electrons. The molecule has 0 bridgehead atoms. The molecule has 0 aliphatic carbocycles. The lowest BCUT2D eigenvalue weighted by molar-refractivity contribution is -0.113. The van der Waals surface area contributed by atoms with Crippen LogP contribution in [0.25, 0.3) is 0 Å². The van der Waals surface area contributed by atoms with Crippen LogP contribution >= 0.6 is 11.8 Å². The first-order valence-corrected chi connectivity index (χ1v) is 9.48. The summed E-state index contributed by atoms with van der Waals surface area (Å²) in [6.45, 7) is 1.62. The van der Waals surface area contributed by atoms with Crippen molar-refractivity contribution in [3.63, 3.8) is 0 Å². The first-order valence-electron chi connectivity index (χ1n) is 8.49. The molecule has 0 atom stereocenters. The maximum absolute atomic E-state index is 12.4. The summed E-state index contributed by atoms with van der Waals surface area (Å²) in [5.74, 6) is -0.0460. The Hall–Kier alpha value is -2.61. The largest absolute Gasteiger partial charge is 0.339 e. The van der Waals surface area contributed by atoms with E-state index in [1.165, 1.54) is 18.7 Å². The highest BCUT2D eigenvalue weighted by atomic mass is 32.2. The Kier molecular flexibility index (Phi) is 6.06. The topological polar surface area (TPSA) is 95.2 Å². The SMILES string of the molecule is O=C(CSc1nccc(=O)[nH]1)Nc1ccc(C(=O)N2CCCCC2)cc1. The van der Waals surface area contributed by atoms with E-state index < -0.39 is 0 Å². The third kappa shape index (κ3) is 4.95. The number of carbonyl (C=O) groups is 2. The van der Waals surface area contributed by atoms with Crippen LogP contribution in [0, 0.1) is 0 Å². The van der Waals surface area contributed by atoms with Gasteiger partial charge in [0.15, 0.2) is 5.16 Å². The molecule has 0 spiro atoms. The van der Waals surface area contributed by atoms with E-state index in [0.717, 1.165) is 37.7 Å². The Morgan fingerprint density at radius 3 is 2.54 bits per heavy atom. The summed E-state index contributed by atoms with van der Waals surface area (Å²) in [6, 6.07) is 8.23. The number of thioether (sulfide) groups is 1. The number of nitrogens with one attached hydrogen (secondary N) is 2. The molecule has 1 aromatic heterocycles. The van der Waals surface area contributed by atoms with E-state index in [-0.39, 0.29) is 23.1 Å². The fourth-order valence-corrected chi connectivity index (χ4v) is 3.38. The van der Waals surface area contributed by atoms with Crippen LogP contribution in [0.5, 0.6) is 0 Å². The van der Waals surface area contributed by atoms with Gasteiger partial charge >= 0.3 is 0 Å². The molecule has 1 saturated heterocycles. The van der Waals surface area contributed by atoms with E-state index in [9.17, 15) is 14.4 Å². The number of anilines is 1. The number of likely N-dealkylation sites (tertiary alicyclic amines) is 1. The molecule has 7 nitrogen and oxygen atoms in total. The number of amides is 2. The molecule has 3 rings (SSSR count). The number of aromatic amines is 1. The van der Waals surface area contributed by atoms with Crippen molar-refractivity contribution in [3.05, 3.63) is 52.4 Å². The standard InChI is InChI=1S/C18H20N4O3S/c23-15-8-9-19-18(21-15)26-12-16(24)20-14-6-4-13(5-7-14)17(25)22-10-2-1-3-11-22/h4-9H,1-3,10-12H2,(H,20,24)(H,19,21,23). The van der Waals surface area contributed by atoms with Crippen LogP contribution in [0.15, 0.2) is 46.5 Å². The van der Waals surface area contributed by atoms with Crippen LogP contribution in [0.4, 0.5) is 5.69 Å². The van der Waals surface area contributed by atoms with Gasteiger partial charge in [0.05, 0.1) is 5.75 Å². The average molecular weight is 372 g/mol. The fraction of sp³-hybridized carbons (Fsp3) is 0.333. The molecule has 2 heterocycles. The van der Waals surface area contributed by atoms with Crippen LogP contribution in [0.2, 0.25) is 0 Å². The molecule has 8 heteroatoms. The van der Waals surface area contributed by atoms with Crippen molar-refractivity contribution in [3.8, 4) is 0 Å². The minimum atomic E-state index is -0.253. The summed E-state index contributed by atoms with van der Waals surface area (Å²) in [6.07, 6.45) is 4.69. The monoisotopic (exact) mass is 372 g/mol. The highest BCUT2D eigenvalue weighted by Crippen LogP contribution is 2.16. The Bertz CT molecular complexity index is 829. The maximum Gasteiger partial charge on any atom is 0.253 e. The summed E-state index contributed by atoms with van der Waals surface area (Å²) in [7, 11) is 0. The number of H-pyrrole nitrogens is 1. The van der Waals surface area contributed by atoms with Gasteiger partial charge in [0, 0.05) is 36.6 Å². The Labute approximate surface area is 155 Å². The lowest BCUT2D eigenvalue weighted by Crippen LogP contribution is -2.35. The Morgan fingerprint density at radius 1 is 1.12 bits per heavy atom. The molecule has 1 fully saturated rings. The van der Waals surface area contributed by atoms with Crippen molar-refractivity contribution in [2.24, 2.45) is 0 Å². The molecule has 1 aromatic carbocycles. The zero-order valence-electron chi connectivity index (χ0n) is 14.2. The van der Waals surface area contributed by atoms with Crippen molar-refractivity contribution in [2.75, 3.05) is 24.2 Å². The first-order chi connectivity index (χ1) is 12.6. The molecule has 2 amide bonds. The van der Waals surface area contributed by atoms with Gasteiger partial charge in [0.2, 0.25) is 5.91 Å². The molecule has 1 aliphatic rings. The van der Waals surface area contributed by atoms with Gasteiger partial charge in [-0.15, -0.1) is 0 Å². The van der Waals surface area contributed by atoms with E-state index >= 15 is 0 Å². The van der Waals surface area contributed by atoms with Gasteiger partial charge in [-0.2, -0.15) is 0 Å². The molecule has 26 heavy (non-hydrogen) atoms. The summed E-state index contributed by atoms with van der Waals surface area (Å²) < 4.78 is 0. The molecule has 0 unspecified atom stereocenters. The fourth-order valence-electron chi connectivity index (χ4n) is 2.73. The zero-order valence-corrected chi connectivity index (χ0v) is 15.1. The number of nitrogens with zero attached hydrogens (tertiary/aromatic N) is 2. The van der Waals surface area contributed by atoms with Gasteiger partial charge in [-0.25, -0.2) is 4.98 Å². The molecule has 136 valence electrons. The number of hydrogen-bond donors (Lipinski definition) is 2. The molecule has 2 aromatic rings. The van der Waals surface area contributed by atoms with Crippen molar-refractivity contribution in [1.82, 2.24) is 14.9 Å². The molecular weight excluding hydrogens is 352 g/mol. The highest BCUT2D eigenvalue weighted by Gasteiger charge is 2.18. The van der Waals surface area contributed by atoms with E-state index in [4.69, 9.17) is 0 Å². The van der Waals surface area contributed by atoms with Crippen LogP contribution in [-0.4, -0.2) is 45.5 Å². The van der Waals surface area contributed by atoms with Gasteiger partial charge in [0.25, 0.3) is 11.5 Å². The Morgan fingerprint density at radius 2 is 1.85 bits per heavy atom. The average Bonchev–Trinajstić information content (AvgIpc) is 2.67. The van der Waals surface area contributed by atoms with Gasteiger partial charge in [-0.05, 0) is 43.5 Å². The van der Waals surface area contributed by atoms with Gasteiger partial charge in [0.1, 0.15) is 0 Å². The van der Waals surface area contributed by atoms with Crippen LogP contribution in [0.3, 0.4) is 0 Å². The molecule has 0 saturated carbocycles. The summed E-state index contributed by atoms with van der Waals surface area (Å²) in [5, 5.41) is 3.17. The predicted molar refractivity (Wildman–Crippen MR) is 100 cm³/mol. The maximum atomic E-state index is 12.4. The zero-order chi connectivity index (χ0) is 18.4. The van der Waals surface area contributed by atoms with Crippen LogP contribution in [0.1, 0.15) is 29.6 Å². The third-order valence-corrected chi connectivity index (χ3v) is 4.93. The predicted octanol–water partition coefficient (Wildman–Crippen LogP) is 2.13. The van der Waals surface area contributed by atoms with E-state index in [1.807, 2.05) is 4.90 Å². The van der Waals surface area contributed by atoms with E-state index in [1.54, 1.807) is 24.3 Å². The second-order valence-electron chi connectivity index (χ2n) is 6.01. The molecule has 2 N–H and O–H groups in total. The number of rotatable bonds is 5. The quantitative estimate of drug-likeness (QED) is 0.619. The third-order valence-electron chi connectivity index (χ3n) is 4.05. The Balaban J connectivity index is 1.52. The van der Waals surface area contributed by atoms with Crippen molar-refractivity contribution in [2.45, 2.75) is 24.4 Å². The number of piperidine rings is 1. The number of hydrogen-bond acceptors (Lipinski definition) is 5. The van der Waals surface area contributed by atoms with Crippen molar-refractivity contribution in [1.29, 1.82) is 0 Å². The number of carbonyl (C=O) groups excluding carboxylic acids is 2. The number of aromatic nitrogens is 2. The minimum Gasteiger partial charge on any atom is -0.339 e. The van der Waals surface area contributed by atoms with Crippen molar-refractivity contribution < 1.29 is 9.59 Å². The smallest absolute Gasteiger partial charge is 0.253 e. The van der Waals surface area contributed by atoms with Crippen molar-refractivity contribution >= 4 is 29.3 Å². The summed E-state index contributed by atoms with van der Waals surface area (Å²) >= 11 is 1.15. The van der Waals surface area contributed by atoms with Gasteiger partial charge in [-0.1, -0.05) is 11.8 Å². The van der Waals surface area contributed by atoms with E-state index in [0.29, 0.717) is 16.4 Å². The molecule has 1 aliphatic heterocycles. The van der Waals surface area contributed by atoms with Gasteiger partial charge < -0.3 is 15.2 Å². The summed E-state index contributed by atoms with van der Waals surface area (Å²) in [4.78, 5) is 44.0. The first kappa shape index (κ1) is 18.2. The minimum absolute atomic E-state index is 0.0391. The highest BCUT2D eigenvalue weighted by molar-refractivity contribution is 7.99. The van der Waals surface area contributed by atoms with E-state index in [2.05, 4.69) is 15.3 Å². The second-order valence-corrected chi connectivity index (χ2v) is 6.97. The van der Waals surface area contributed by atoms with Gasteiger partial charge in [-0.3, -0.25) is 14.4 Å². The van der Waals surface area contributed by atoms with Crippen LogP contribution < -0.4 is 10.9 Å². The normalized spacial score (nSPS) is 14.1. The van der Waals surface area contributed by atoms with Crippen LogP contribution in [-0.2, 0) is 4.79 Å². The summed E-state index contributed by atoms with van der Waals surface area (Å²) in [5.41, 5.74) is 1.00. The number of benzene rings is 1. The molecular formula is C18H20N4O3S.